The van der Waals surface area contributed by atoms with Crippen LogP contribution in [0.15, 0.2) is 42.5 Å². The normalized spacial score (nSPS) is 15.4. The fourth-order valence-electron chi connectivity index (χ4n) is 3.19. The molecule has 128 valence electrons. The van der Waals surface area contributed by atoms with Crippen LogP contribution in [0, 0.1) is 5.82 Å². The molecule has 2 aromatic rings. The summed E-state index contributed by atoms with van der Waals surface area (Å²) in [6.07, 6.45) is 0. The Kier molecular flexibility index (Phi) is 5.20. The molecule has 1 aliphatic heterocycles. The molecule has 1 saturated heterocycles. The topological polar surface area (TPSA) is 26.1 Å². The molecular formula is C19H24FN2O2+. The van der Waals surface area contributed by atoms with Gasteiger partial charge in [0.1, 0.15) is 12.4 Å². The third-order valence-electron chi connectivity index (χ3n) is 4.56. The smallest absolute Gasteiger partial charge is 0.161 e. The maximum absolute atomic E-state index is 13.0. The zero-order valence-electron chi connectivity index (χ0n) is 14.2. The Labute approximate surface area is 142 Å². The molecule has 0 unspecified atom stereocenters. The summed E-state index contributed by atoms with van der Waals surface area (Å²) >= 11 is 0. The van der Waals surface area contributed by atoms with Crippen LogP contribution in [0.3, 0.4) is 0 Å². The molecule has 0 saturated carbocycles. The van der Waals surface area contributed by atoms with Crippen molar-refractivity contribution < 1.29 is 18.8 Å². The van der Waals surface area contributed by atoms with Gasteiger partial charge in [-0.15, -0.1) is 0 Å². The molecule has 2 aromatic carbocycles. The van der Waals surface area contributed by atoms with Crippen molar-refractivity contribution in [3.63, 3.8) is 0 Å². The van der Waals surface area contributed by atoms with Gasteiger partial charge in [0.05, 0.1) is 40.4 Å². The maximum atomic E-state index is 13.0. The predicted molar refractivity (Wildman–Crippen MR) is 92.6 cm³/mol. The van der Waals surface area contributed by atoms with E-state index in [1.807, 2.05) is 18.2 Å². The molecule has 1 heterocycles. The van der Waals surface area contributed by atoms with Crippen LogP contribution >= 0.6 is 0 Å². The van der Waals surface area contributed by atoms with E-state index in [0.717, 1.165) is 49.9 Å². The number of rotatable bonds is 5. The lowest BCUT2D eigenvalue weighted by atomic mass is 10.1. The van der Waals surface area contributed by atoms with E-state index in [1.54, 1.807) is 19.1 Å². The second-order valence-corrected chi connectivity index (χ2v) is 6.08. The SMILES string of the molecule is COc1ccc(C[NH+]2CCN(c3ccc(F)cc3)CC2)cc1OC. The third kappa shape index (κ3) is 3.79. The molecule has 0 atom stereocenters. The van der Waals surface area contributed by atoms with E-state index >= 15 is 0 Å². The average molecular weight is 331 g/mol. The van der Waals surface area contributed by atoms with Crippen molar-refractivity contribution in [2.24, 2.45) is 0 Å². The Balaban J connectivity index is 1.58. The summed E-state index contributed by atoms with van der Waals surface area (Å²) in [5.41, 5.74) is 2.35. The Hall–Kier alpha value is -2.27. The quantitative estimate of drug-likeness (QED) is 0.904. The van der Waals surface area contributed by atoms with E-state index in [0.29, 0.717) is 0 Å². The largest absolute Gasteiger partial charge is 0.493 e. The average Bonchev–Trinajstić information content (AvgIpc) is 2.63. The van der Waals surface area contributed by atoms with Crippen molar-refractivity contribution in [1.29, 1.82) is 0 Å². The summed E-state index contributed by atoms with van der Waals surface area (Å²) in [6.45, 7) is 5.05. The molecule has 3 rings (SSSR count). The van der Waals surface area contributed by atoms with E-state index < -0.39 is 0 Å². The van der Waals surface area contributed by atoms with Gasteiger partial charge in [-0.2, -0.15) is 0 Å². The zero-order chi connectivity index (χ0) is 16.9. The number of hydrogen-bond donors (Lipinski definition) is 1. The molecule has 0 bridgehead atoms. The fourth-order valence-corrected chi connectivity index (χ4v) is 3.19. The van der Waals surface area contributed by atoms with Gasteiger partial charge in [-0.3, -0.25) is 0 Å². The summed E-state index contributed by atoms with van der Waals surface area (Å²) in [5.74, 6) is 1.35. The number of quaternary nitrogens is 1. The summed E-state index contributed by atoms with van der Waals surface area (Å²) in [6, 6.07) is 12.9. The third-order valence-corrected chi connectivity index (χ3v) is 4.56. The second-order valence-electron chi connectivity index (χ2n) is 6.08. The number of piperazine rings is 1. The molecular weight excluding hydrogens is 307 g/mol. The van der Waals surface area contributed by atoms with Gasteiger partial charge < -0.3 is 19.3 Å². The van der Waals surface area contributed by atoms with Crippen LogP contribution in [0.5, 0.6) is 11.5 Å². The molecule has 1 aliphatic rings. The van der Waals surface area contributed by atoms with Gasteiger partial charge in [-0.1, -0.05) is 0 Å². The summed E-state index contributed by atoms with van der Waals surface area (Å²) in [5, 5.41) is 0. The first-order chi connectivity index (χ1) is 11.7. The Bertz CT molecular complexity index is 668. The van der Waals surface area contributed by atoms with Crippen molar-refractivity contribution in [1.82, 2.24) is 0 Å². The molecule has 0 radical (unpaired) electrons. The molecule has 0 aromatic heterocycles. The van der Waals surface area contributed by atoms with Crippen molar-refractivity contribution in [3.8, 4) is 11.5 Å². The molecule has 0 amide bonds. The number of ether oxygens (including phenoxy) is 2. The number of nitrogens with zero attached hydrogens (tertiary/aromatic N) is 1. The van der Waals surface area contributed by atoms with Crippen LogP contribution in [0.25, 0.3) is 0 Å². The van der Waals surface area contributed by atoms with Crippen LogP contribution < -0.4 is 19.3 Å². The molecule has 0 aliphatic carbocycles. The van der Waals surface area contributed by atoms with Gasteiger partial charge in [0.15, 0.2) is 11.5 Å². The Morgan fingerprint density at radius 3 is 2.25 bits per heavy atom. The number of methoxy groups -OCH3 is 2. The zero-order valence-corrected chi connectivity index (χ0v) is 14.2. The summed E-state index contributed by atoms with van der Waals surface area (Å²) < 4.78 is 23.7. The van der Waals surface area contributed by atoms with E-state index in [1.165, 1.54) is 17.7 Å². The lowest BCUT2D eigenvalue weighted by molar-refractivity contribution is -0.914. The van der Waals surface area contributed by atoms with Crippen LogP contribution in [-0.4, -0.2) is 40.4 Å². The van der Waals surface area contributed by atoms with Crippen LogP contribution in [0.1, 0.15) is 5.56 Å². The minimum atomic E-state index is -0.184. The van der Waals surface area contributed by atoms with Crippen molar-refractivity contribution in [3.05, 3.63) is 53.8 Å². The highest BCUT2D eigenvalue weighted by molar-refractivity contribution is 5.46. The fraction of sp³-hybridized carbons (Fsp3) is 0.368. The van der Waals surface area contributed by atoms with Crippen molar-refractivity contribution >= 4 is 5.69 Å². The maximum Gasteiger partial charge on any atom is 0.161 e. The first-order valence-corrected chi connectivity index (χ1v) is 8.24. The number of anilines is 1. The molecule has 0 spiro atoms. The van der Waals surface area contributed by atoms with Gasteiger partial charge in [0, 0.05) is 11.3 Å². The van der Waals surface area contributed by atoms with Gasteiger partial charge in [0.25, 0.3) is 0 Å². The van der Waals surface area contributed by atoms with E-state index in [-0.39, 0.29) is 5.82 Å². The first-order valence-electron chi connectivity index (χ1n) is 8.24. The highest BCUT2D eigenvalue weighted by Crippen LogP contribution is 2.27. The minimum Gasteiger partial charge on any atom is -0.493 e. The number of hydrogen-bond acceptors (Lipinski definition) is 3. The number of benzene rings is 2. The second kappa shape index (κ2) is 7.53. The van der Waals surface area contributed by atoms with Crippen molar-refractivity contribution in [2.45, 2.75) is 6.54 Å². The molecule has 4 nitrogen and oxygen atoms in total. The monoisotopic (exact) mass is 331 g/mol. The Morgan fingerprint density at radius 1 is 0.958 bits per heavy atom. The first kappa shape index (κ1) is 16.6. The van der Waals surface area contributed by atoms with E-state index in [2.05, 4.69) is 17.0 Å². The van der Waals surface area contributed by atoms with Crippen LogP contribution in [0.2, 0.25) is 0 Å². The standard InChI is InChI=1S/C19H23FN2O2/c1-23-18-8-3-15(13-19(18)24-2)14-21-9-11-22(12-10-21)17-6-4-16(20)5-7-17/h3-8,13H,9-12,14H2,1-2H3/p+1. The summed E-state index contributed by atoms with van der Waals surface area (Å²) in [4.78, 5) is 3.86. The van der Waals surface area contributed by atoms with Gasteiger partial charge in [0.2, 0.25) is 0 Å². The summed E-state index contributed by atoms with van der Waals surface area (Å²) in [7, 11) is 3.31. The van der Waals surface area contributed by atoms with Crippen LogP contribution in [-0.2, 0) is 6.54 Å². The van der Waals surface area contributed by atoms with Gasteiger partial charge in [-0.05, 0) is 42.5 Å². The van der Waals surface area contributed by atoms with E-state index in [9.17, 15) is 4.39 Å². The molecule has 1 fully saturated rings. The molecule has 24 heavy (non-hydrogen) atoms. The van der Waals surface area contributed by atoms with Gasteiger partial charge >= 0.3 is 0 Å². The Morgan fingerprint density at radius 2 is 1.62 bits per heavy atom. The van der Waals surface area contributed by atoms with Crippen molar-refractivity contribution in [2.75, 3.05) is 45.3 Å². The van der Waals surface area contributed by atoms with Crippen LogP contribution in [0.4, 0.5) is 10.1 Å². The minimum absolute atomic E-state index is 0.184. The lowest BCUT2D eigenvalue weighted by Gasteiger charge is -2.33. The number of nitrogens with one attached hydrogen (secondary N) is 1. The predicted octanol–water partition coefficient (Wildman–Crippen LogP) is 1.75. The highest BCUT2D eigenvalue weighted by atomic mass is 19.1. The molecule has 5 heteroatoms. The number of halogens is 1. The van der Waals surface area contributed by atoms with E-state index in [4.69, 9.17) is 9.47 Å². The van der Waals surface area contributed by atoms with Gasteiger partial charge in [-0.25, -0.2) is 4.39 Å². The highest BCUT2D eigenvalue weighted by Gasteiger charge is 2.20. The molecule has 1 N–H and O–H groups in total. The lowest BCUT2D eigenvalue weighted by Crippen LogP contribution is -3.13.